The van der Waals surface area contributed by atoms with Crippen LogP contribution in [0.5, 0.6) is 5.75 Å². The molecule has 1 aromatic carbocycles. The molecule has 132 valence electrons. The Morgan fingerprint density at radius 3 is 2.64 bits per heavy atom. The fourth-order valence-corrected chi connectivity index (χ4v) is 2.74. The highest BCUT2D eigenvalue weighted by Gasteiger charge is 2.32. The number of aromatic nitrogens is 2. The number of benzene rings is 1. The van der Waals surface area contributed by atoms with E-state index >= 15 is 0 Å². The van der Waals surface area contributed by atoms with Gasteiger partial charge in [-0.25, -0.2) is 4.79 Å². The predicted molar refractivity (Wildman–Crippen MR) is 91.4 cm³/mol. The first-order chi connectivity index (χ1) is 12.1. The lowest BCUT2D eigenvalue weighted by atomic mass is 10.1. The second-order valence-corrected chi connectivity index (χ2v) is 7.00. The molecule has 1 saturated heterocycles. The standard InChI is InChI=1S/C18H22N4O3/c1-11(2)19-18(23)22-9-15(10-22)24-14-7-5-12(6-8-14)16-20-17(25-21-16)13-3-4-13/h5-8,11,13,15H,3-4,9-10H2,1-2H3,(H,19,23). The molecule has 0 atom stereocenters. The van der Waals surface area contributed by atoms with Crippen molar-refractivity contribution in [2.24, 2.45) is 0 Å². The molecule has 0 spiro atoms. The van der Waals surface area contributed by atoms with E-state index in [9.17, 15) is 4.79 Å². The van der Waals surface area contributed by atoms with Gasteiger partial charge in [-0.05, 0) is 51.0 Å². The average molecular weight is 342 g/mol. The zero-order valence-electron chi connectivity index (χ0n) is 14.4. The Morgan fingerprint density at radius 1 is 1.28 bits per heavy atom. The van der Waals surface area contributed by atoms with Crippen molar-refractivity contribution in [3.8, 4) is 17.1 Å². The van der Waals surface area contributed by atoms with E-state index in [1.807, 2.05) is 38.1 Å². The van der Waals surface area contributed by atoms with Gasteiger partial charge in [0.25, 0.3) is 0 Å². The number of amides is 2. The lowest BCUT2D eigenvalue weighted by Gasteiger charge is -2.39. The molecule has 1 aliphatic carbocycles. The van der Waals surface area contributed by atoms with Crippen molar-refractivity contribution < 1.29 is 14.1 Å². The van der Waals surface area contributed by atoms with Gasteiger partial charge in [0, 0.05) is 17.5 Å². The molecule has 2 heterocycles. The third kappa shape index (κ3) is 3.60. The van der Waals surface area contributed by atoms with Crippen LogP contribution in [0.15, 0.2) is 28.8 Å². The molecule has 2 aromatic rings. The van der Waals surface area contributed by atoms with Gasteiger partial charge in [-0.2, -0.15) is 4.98 Å². The molecule has 7 heteroatoms. The van der Waals surface area contributed by atoms with E-state index in [2.05, 4.69) is 15.5 Å². The molecule has 1 saturated carbocycles. The molecule has 1 aliphatic heterocycles. The number of urea groups is 1. The first-order valence-corrected chi connectivity index (χ1v) is 8.74. The van der Waals surface area contributed by atoms with E-state index in [1.54, 1.807) is 4.90 Å². The number of carbonyl (C=O) groups excluding carboxylic acids is 1. The Balaban J connectivity index is 1.30. The Kier molecular flexibility index (Phi) is 4.07. The molecular weight excluding hydrogens is 320 g/mol. The number of likely N-dealkylation sites (tertiary alicyclic amines) is 1. The molecule has 0 bridgehead atoms. The molecule has 2 fully saturated rings. The Labute approximate surface area is 146 Å². The third-order valence-corrected chi connectivity index (χ3v) is 4.33. The highest BCUT2D eigenvalue weighted by Crippen LogP contribution is 2.39. The number of nitrogens with zero attached hydrogens (tertiary/aromatic N) is 3. The van der Waals surface area contributed by atoms with E-state index in [4.69, 9.17) is 9.26 Å². The maximum absolute atomic E-state index is 11.8. The first kappa shape index (κ1) is 15.9. The summed E-state index contributed by atoms with van der Waals surface area (Å²) in [6, 6.07) is 7.77. The molecule has 0 radical (unpaired) electrons. The van der Waals surface area contributed by atoms with Crippen molar-refractivity contribution in [3.05, 3.63) is 30.2 Å². The van der Waals surface area contributed by atoms with Crippen LogP contribution >= 0.6 is 0 Å². The SMILES string of the molecule is CC(C)NC(=O)N1CC(Oc2ccc(-c3noc(C4CC4)n3)cc2)C1. The summed E-state index contributed by atoms with van der Waals surface area (Å²) >= 11 is 0. The van der Waals surface area contributed by atoms with Crippen molar-refractivity contribution in [2.45, 2.75) is 44.8 Å². The van der Waals surface area contributed by atoms with Crippen molar-refractivity contribution in [1.82, 2.24) is 20.4 Å². The Morgan fingerprint density at radius 2 is 2.00 bits per heavy atom. The van der Waals surface area contributed by atoms with Crippen LogP contribution in [0.25, 0.3) is 11.4 Å². The van der Waals surface area contributed by atoms with Crippen molar-refractivity contribution in [2.75, 3.05) is 13.1 Å². The number of hydrogen-bond donors (Lipinski definition) is 1. The van der Waals surface area contributed by atoms with Gasteiger partial charge in [0.1, 0.15) is 11.9 Å². The summed E-state index contributed by atoms with van der Waals surface area (Å²) in [7, 11) is 0. The smallest absolute Gasteiger partial charge is 0.317 e. The molecule has 2 aliphatic rings. The Bertz CT molecular complexity index is 746. The summed E-state index contributed by atoms with van der Waals surface area (Å²) in [6.45, 7) is 5.11. The van der Waals surface area contributed by atoms with Crippen LogP contribution in [0.4, 0.5) is 4.79 Å². The van der Waals surface area contributed by atoms with E-state index in [0.717, 1.165) is 30.0 Å². The van der Waals surface area contributed by atoms with E-state index in [1.165, 1.54) is 0 Å². The monoisotopic (exact) mass is 342 g/mol. The quantitative estimate of drug-likeness (QED) is 0.904. The minimum Gasteiger partial charge on any atom is -0.487 e. The van der Waals surface area contributed by atoms with Crippen molar-refractivity contribution >= 4 is 6.03 Å². The summed E-state index contributed by atoms with van der Waals surface area (Å²) in [5, 5.41) is 6.92. The summed E-state index contributed by atoms with van der Waals surface area (Å²) in [5.74, 6) is 2.60. The van der Waals surface area contributed by atoms with E-state index < -0.39 is 0 Å². The van der Waals surface area contributed by atoms with Gasteiger partial charge in [-0.1, -0.05) is 5.16 Å². The van der Waals surface area contributed by atoms with Gasteiger partial charge < -0.3 is 19.5 Å². The summed E-state index contributed by atoms with van der Waals surface area (Å²) < 4.78 is 11.2. The predicted octanol–water partition coefficient (Wildman–Crippen LogP) is 2.80. The highest BCUT2D eigenvalue weighted by molar-refractivity contribution is 5.75. The van der Waals surface area contributed by atoms with E-state index in [-0.39, 0.29) is 18.2 Å². The van der Waals surface area contributed by atoms with Gasteiger partial charge in [0.2, 0.25) is 11.7 Å². The van der Waals surface area contributed by atoms with Crippen LogP contribution in [-0.4, -0.2) is 46.3 Å². The van der Waals surface area contributed by atoms with Crippen LogP contribution in [0.2, 0.25) is 0 Å². The van der Waals surface area contributed by atoms with Gasteiger partial charge in [0.05, 0.1) is 13.1 Å². The van der Waals surface area contributed by atoms with Crippen LogP contribution in [0, 0.1) is 0 Å². The van der Waals surface area contributed by atoms with Gasteiger partial charge in [-0.15, -0.1) is 0 Å². The molecule has 25 heavy (non-hydrogen) atoms. The molecule has 1 N–H and O–H groups in total. The van der Waals surface area contributed by atoms with Gasteiger partial charge in [0.15, 0.2) is 0 Å². The third-order valence-electron chi connectivity index (χ3n) is 4.33. The van der Waals surface area contributed by atoms with Crippen LogP contribution in [0.3, 0.4) is 0 Å². The fraction of sp³-hybridized carbons (Fsp3) is 0.500. The summed E-state index contributed by atoms with van der Waals surface area (Å²) in [4.78, 5) is 18.0. The molecular formula is C18H22N4O3. The second kappa shape index (κ2) is 6.38. The zero-order chi connectivity index (χ0) is 17.4. The minimum atomic E-state index is -0.0335. The number of carbonyl (C=O) groups is 1. The summed E-state index contributed by atoms with van der Waals surface area (Å²) in [5.41, 5.74) is 0.912. The van der Waals surface area contributed by atoms with E-state index in [0.29, 0.717) is 24.8 Å². The lowest BCUT2D eigenvalue weighted by molar-refractivity contribution is 0.0438. The maximum Gasteiger partial charge on any atom is 0.317 e. The Hall–Kier alpha value is -2.57. The van der Waals surface area contributed by atoms with Crippen LogP contribution in [-0.2, 0) is 0 Å². The van der Waals surface area contributed by atoms with Crippen molar-refractivity contribution in [1.29, 1.82) is 0 Å². The zero-order valence-corrected chi connectivity index (χ0v) is 14.4. The molecule has 0 unspecified atom stereocenters. The minimum absolute atomic E-state index is 0.0335. The number of nitrogens with one attached hydrogen (secondary N) is 1. The molecule has 4 rings (SSSR count). The van der Waals surface area contributed by atoms with Crippen molar-refractivity contribution in [3.63, 3.8) is 0 Å². The van der Waals surface area contributed by atoms with Crippen LogP contribution in [0.1, 0.15) is 38.5 Å². The highest BCUT2D eigenvalue weighted by atomic mass is 16.5. The lowest BCUT2D eigenvalue weighted by Crippen LogP contribution is -2.59. The second-order valence-electron chi connectivity index (χ2n) is 7.00. The normalized spacial score (nSPS) is 17.5. The van der Waals surface area contributed by atoms with Gasteiger partial charge in [-0.3, -0.25) is 0 Å². The van der Waals surface area contributed by atoms with Crippen LogP contribution < -0.4 is 10.1 Å². The first-order valence-electron chi connectivity index (χ1n) is 8.74. The molecule has 7 nitrogen and oxygen atoms in total. The fourth-order valence-electron chi connectivity index (χ4n) is 2.74. The number of rotatable bonds is 5. The average Bonchev–Trinajstić information content (AvgIpc) is 3.28. The summed E-state index contributed by atoms with van der Waals surface area (Å²) in [6.07, 6.45) is 2.32. The maximum atomic E-state index is 11.8. The number of ether oxygens (including phenoxy) is 1. The number of hydrogen-bond acceptors (Lipinski definition) is 5. The molecule has 2 amide bonds. The molecule has 1 aromatic heterocycles. The van der Waals surface area contributed by atoms with Gasteiger partial charge >= 0.3 is 6.03 Å². The topological polar surface area (TPSA) is 80.5 Å². The largest absolute Gasteiger partial charge is 0.487 e.